The van der Waals surface area contributed by atoms with Crippen LogP contribution in [0.2, 0.25) is 0 Å². The molecule has 114 valence electrons. The van der Waals surface area contributed by atoms with Crippen molar-refractivity contribution in [2.24, 2.45) is 5.92 Å². The summed E-state index contributed by atoms with van der Waals surface area (Å²) in [5, 5.41) is 0. The molecule has 21 heavy (non-hydrogen) atoms. The Morgan fingerprint density at radius 1 is 1.14 bits per heavy atom. The smallest absolute Gasteiger partial charge is 0.139 e. The van der Waals surface area contributed by atoms with Crippen LogP contribution in [0, 0.1) is 5.92 Å². The summed E-state index contributed by atoms with van der Waals surface area (Å²) < 4.78 is 11.8. The first-order valence-corrected chi connectivity index (χ1v) is 8.01. The van der Waals surface area contributed by atoms with Crippen LogP contribution >= 0.6 is 0 Å². The van der Waals surface area contributed by atoms with Crippen molar-refractivity contribution in [1.82, 2.24) is 0 Å². The fraction of sp³-hybridized carbons (Fsp3) is 0.611. The Kier molecular flexibility index (Phi) is 4.29. The van der Waals surface area contributed by atoms with Gasteiger partial charge in [-0.1, -0.05) is 38.0 Å². The van der Waals surface area contributed by atoms with E-state index in [0.717, 1.165) is 24.2 Å². The van der Waals surface area contributed by atoms with Gasteiger partial charge in [-0.15, -0.1) is 0 Å². The number of methoxy groups -OCH3 is 1. The van der Waals surface area contributed by atoms with E-state index in [-0.39, 0.29) is 17.9 Å². The summed E-state index contributed by atoms with van der Waals surface area (Å²) in [6.07, 6.45) is 5.67. The van der Waals surface area contributed by atoms with Gasteiger partial charge in [-0.2, -0.15) is 0 Å². The van der Waals surface area contributed by atoms with Crippen molar-refractivity contribution in [3.05, 3.63) is 29.8 Å². The van der Waals surface area contributed by atoms with E-state index in [1.807, 2.05) is 25.1 Å². The molecule has 0 aromatic heterocycles. The minimum Gasteiger partial charge on any atom is -0.496 e. The zero-order valence-electron chi connectivity index (χ0n) is 12.9. The maximum Gasteiger partial charge on any atom is 0.139 e. The Labute approximate surface area is 126 Å². The van der Waals surface area contributed by atoms with Gasteiger partial charge in [0.25, 0.3) is 0 Å². The molecule has 3 heteroatoms. The second kappa shape index (κ2) is 6.18. The fourth-order valence-corrected chi connectivity index (χ4v) is 3.77. The van der Waals surface area contributed by atoms with Gasteiger partial charge in [0.1, 0.15) is 11.5 Å². The van der Waals surface area contributed by atoms with Gasteiger partial charge in [0.15, 0.2) is 0 Å². The third kappa shape index (κ3) is 2.84. The molecule has 2 fully saturated rings. The summed E-state index contributed by atoms with van der Waals surface area (Å²) in [4.78, 5) is 12.2. The van der Waals surface area contributed by atoms with Gasteiger partial charge in [-0.3, -0.25) is 4.79 Å². The van der Waals surface area contributed by atoms with E-state index in [2.05, 4.69) is 6.07 Å². The maximum atomic E-state index is 12.2. The fourth-order valence-electron chi connectivity index (χ4n) is 3.77. The minimum absolute atomic E-state index is 0.00287. The first-order chi connectivity index (χ1) is 10.2. The summed E-state index contributed by atoms with van der Waals surface area (Å²) in [6, 6.07) is 8.02. The van der Waals surface area contributed by atoms with Crippen molar-refractivity contribution < 1.29 is 14.3 Å². The Morgan fingerprint density at radius 3 is 2.57 bits per heavy atom. The molecule has 2 aliphatic rings. The third-order valence-corrected chi connectivity index (χ3v) is 5.01. The highest BCUT2D eigenvalue weighted by Crippen LogP contribution is 2.43. The molecule has 3 atom stereocenters. The van der Waals surface area contributed by atoms with Crippen LogP contribution in [0.25, 0.3) is 0 Å². The molecule has 3 unspecified atom stereocenters. The van der Waals surface area contributed by atoms with Gasteiger partial charge in [0.05, 0.1) is 19.3 Å². The average molecular weight is 288 g/mol. The average Bonchev–Trinajstić information content (AvgIpc) is 3.11. The zero-order chi connectivity index (χ0) is 14.8. The first kappa shape index (κ1) is 14.6. The number of para-hydroxylation sites is 1. The molecule has 3 nitrogen and oxygen atoms in total. The lowest BCUT2D eigenvalue weighted by Gasteiger charge is -2.27. The molecule has 3 rings (SSSR count). The van der Waals surface area contributed by atoms with Gasteiger partial charge >= 0.3 is 0 Å². The first-order valence-electron chi connectivity index (χ1n) is 8.01. The van der Waals surface area contributed by atoms with Gasteiger partial charge < -0.3 is 9.47 Å². The molecular formula is C18H24O3. The van der Waals surface area contributed by atoms with Crippen LogP contribution < -0.4 is 4.74 Å². The second-order valence-corrected chi connectivity index (χ2v) is 6.31. The van der Waals surface area contributed by atoms with Crippen LogP contribution in [0.5, 0.6) is 5.75 Å². The minimum atomic E-state index is -0.0134. The van der Waals surface area contributed by atoms with Gasteiger partial charge in [0.2, 0.25) is 0 Å². The molecule has 0 spiro atoms. The van der Waals surface area contributed by atoms with Crippen molar-refractivity contribution in [2.45, 2.75) is 57.2 Å². The van der Waals surface area contributed by atoms with Gasteiger partial charge in [0, 0.05) is 23.8 Å². The lowest BCUT2D eigenvalue weighted by atomic mass is 9.92. The molecule has 0 heterocycles. The highest BCUT2D eigenvalue weighted by molar-refractivity contribution is 5.85. The van der Waals surface area contributed by atoms with E-state index in [1.54, 1.807) is 7.11 Å². The molecule has 0 N–H and O–H groups in total. The van der Waals surface area contributed by atoms with E-state index in [9.17, 15) is 4.79 Å². The lowest BCUT2D eigenvalue weighted by molar-refractivity contribution is -0.123. The molecule has 0 saturated heterocycles. The number of carbonyl (C=O) groups is 1. The quantitative estimate of drug-likeness (QED) is 0.847. The second-order valence-electron chi connectivity index (χ2n) is 6.31. The van der Waals surface area contributed by atoms with Crippen molar-refractivity contribution in [1.29, 1.82) is 0 Å². The summed E-state index contributed by atoms with van der Waals surface area (Å²) in [6.45, 7) is 2.01. The number of ether oxygens (including phenoxy) is 2. The molecule has 1 aromatic carbocycles. The largest absolute Gasteiger partial charge is 0.496 e. The number of carbonyl (C=O) groups excluding carboxylic acids is 1. The van der Waals surface area contributed by atoms with Gasteiger partial charge in [-0.05, 0) is 18.9 Å². The highest BCUT2D eigenvalue weighted by Gasteiger charge is 2.43. The molecule has 0 radical (unpaired) electrons. The summed E-state index contributed by atoms with van der Waals surface area (Å²) >= 11 is 0. The number of Topliss-reactive ketones (excluding diaryl/α,β-unsaturated/α-hetero) is 1. The van der Waals surface area contributed by atoms with Crippen molar-refractivity contribution >= 4 is 5.78 Å². The molecular weight excluding hydrogens is 264 g/mol. The Bertz CT molecular complexity index is 505. The molecule has 2 saturated carbocycles. The topological polar surface area (TPSA) is 35.5 Å². The SMILES string of the molecule is COc1ccccc1C1CC(=O)C(C)C1OC1CCCC1. The Balaban J connectivity index is 1.85. The predicted octanol–water partition coefficient (Wildman–Crippen LogP) is 3.72. The van der Waals surface area contributed by atoms with Crippen LogP contribution in [0.15, 0.2) is 24.3 Å². The molecule has 0 aliphatic heterocycles. The van der Waals surface area contributed by atoms with E-state index in [4.69, 9.17) is 9.47 Å². The molecule has 2 aliphatic carbocycles. The van der Waals surface area contributed by atoms with Crippen LogP contribution in [-0.4, -0.2) is 25.1 Å². The molecule has 0 amide bonds. The van der Waals surface area contributed by atoms with E-state index < -0.39 is 0 Å². The molecule has 0 bridgehead atoms. The molecule has 1 aromatic rings. The number of rotatable bonds is 4. The number of hydrogen-bond acceptors (Lipinski definition) is 3. The Hall–Kier alpha value is -1.35. The number of hydrogen-bond donors (Lipinski definition) is 0. The summed E-state index contributed by atoms with van der Waals surface area (Å²) in [5.74, 6) is 1.29. The maximum absolute atomic E-state index is 12.2. The zero-order valence-corrected chi connectivity index (χ0v) is 12.9. The number of ketones is 1. The standard InChI is InChI=1S/C18H24O3/c1-12-16(19)11-15(14-9-5-6-10-17(14)20-2)18(12)21-13-7-3-4-8-13/h5-6,9-10,12-13,15,18H,3-4,7-8,11H2,1-2H3. The van der Waals surface area contributed by atoms with Crippen molar-refractivity contribution in [3.8, 4) is 5.75 Å². The highest BCUT2D eigenvalue weighted by atomic mass is 16.5. The van der Waals surface area contributed by atoms with Gasteiger partial charge in [-0.25, -0.2) is 0 Å². The summed E-state index contributed by atoms with van der Waals surface area (Å²) in [5.41, 5.74) is 1.11. The predicted molar refractivity (Wildman–Crippen MR) is 81.7 cm³/mol. The van der Waals surface area contributed by atoms with E-state index >= 15 is 0 Å². The van der Waals surface area contributed by atoms with Crippen molar-refractivity contribution in [3.63, 3.8) is 0 Å². The van der Waals surface area contributed by atoms with E-state index in [1.165, 1.54) is 12.8 Å². The van der Waals surface area contributed by atoms with Crippen molar-refractivity contribution in [2.75, 3.05) is 7.11 Å². The monoisotopic (exact) mass is 288 g/mol. The number of benzene rings is 1. The van der Waals surface area contributed by atoms with Crippen LogP contribution in [-0.2, 0) is 9.53 Å². The lowest BCUT2D eigenvalue weighted by Crippen LogP contribution is -2.28. The van der Waals surface area contributed by atoms with Crippen LogP contribution in [0.4, 0.5) is 0 Å². The van der Waals surface area contributed by atoms with Crippen LogP contribution in [0.1, 0.15) is 50.5 Å². The van der Waals surface area contributed by atoms with Crippen LogP contribution in [0.3, 0.4) is 0 Å². The van der Waals surface area contributed by atoms with E-state index in [0.29, 0.717) is 18.3 Å². The normalized spacial score (nSPS) is 30.0. The Morgan fingerprint density at radius 2 is 1.86 bits per heavy atom. The summed E-state index contributed by atoms with van der Waals surface area (Å²) in [7, 11) is 1.69. The third-order valence-electron chi connectivity index (χ3n) is 5.01.